The minimum absolute atomic E-state index is 0.405. The maximum absolute atomic E-state index is 5.36. The van der Waals surface area contributed by atoms with Crippen LogP contribution in [0.3, 0.4) is 0 Å². The van der Waals surface area contributed by atoms with Gasteiger partial charge >= 0.3 is 0 Å². The van der Waals surface area contributed by atoms with Gasteiger partial charge in [0.25, 0.3) is 0 Å². The van der Waals surface area contributed by atoms with Crippen LogP contribution in [0.25, 0.3) is 69.9 Å². The second-order valence-corrected chi connectivity index (χ2v) is 15.3. The van der Waals surface area contributed by atoms with Crippen LogP contribution in [-0.4, -0.2) is 16.2 Å². The van der Waals surface area contributed by atoms with Crippen LogP contribution < -0.4 is 5.32 Å². The largest absolute Gasteiger partial charge is 0.344 e. The molecule has 0 fully saturated rings. The van der Waals surface area contributed by atoms with E-state index < -0.39 is 6.17 Å². The summed E-state index contributed by atoms with van der Waals surface area (Å²) in [4.78, 5) is 10.5. The van der Waals surface area contributed by atoms with Gasteiger partial charge in [0, 0.05) is 47.6 Å². The summed E-state index contributed by atoms with van der Waals surface area (Å²) in [5, 5.41) is 8.79. The summed E-state index contributed by atoms with van der Waals surface area (Å²) in [6.07, 6.45) is -0.405. The van der Waals surface area contributed by atoms with Crippen molar-refractivity contribution in [2.24, 2.45) is 9.98 Å². The lowest BCUT2D eigenvalue weighted by atomic mass is 10.0. The molecule has 56 heavy (non-hydrogen) atoms. The van der Waals surface area contributed by atoms with Crippen LogP contribution in [-0.2, 0) is 0 Å². The predicted octanol–water partition coefficient (Wildman–Crippen LogP) is 13.0. The Bertz CT molecular complexity index is 3140. The molecule has 264 valence electrons. The third-order valence-electron chi connectivity index (χ3n) is 10.9. The molecular formula is C51H34N4S. The zero-order chi connectivity index (χ0) is 37.0. The Morgan fingerprint density at radius 2 is 1.07 bits per heavy atom. The Hall–Kier alpha value is -7.08. The molecule has 1 unspecified atom stereocenters. The van der Waals surface area contributed by atoms with Gasteiger partial charge in [-0.1, -0.05) is 164 Å². The minimum atomic E-state index is -0.405. The van der Waals surface area contributed by atoms with Crippen molar-refractivity contribution in [2.45, 2.75) is 6.17 Å². The van der Waals surface area contributed by atoms with Gasteiger partial charge in [-0.15, -0.1) is 11.3 Å². The molecule has 1 atom stereocenters. The molecule has 11 rings (SSSR count). The number of thiophene rings is 1. The van der Waals surface area contributed by atoms with E-state index in [9.17, 15) is 0 Å². The summed E-state index contributed by atoms with van der Waals surface area (Å²) in [5.41, 5.74) is 11.3. The molecule has 0 bridgehead atoms. The third kappa shape index (κ3) is 5.44. The van der Waals surface area contributed by atoms with Crippen LogP contribution in [0.1, 0.15) is 22.9 Å². The minimum Gasteiger partial charge on any atom is -0.344 e. The number of para-hydroxylation sites is 1. The molecule has 8 aromatic carbocycles. The van der Waals surface area contributed by atoms with Gasteiger partial charge in [0.1, 0.15) is 12.0 Å². The first-order chi connectivity index (χ1) is 27.8. The van der Waals surface area contributed by atoms with Crippen molar-refractivity contribution in [1.29, 1.82) is 0 Å². The highest BCUT2D eigenvalue weighted by Crippen LogP contribution is 2.44. The number of hydrogen-bond donors (Lipinski definition) is 1. The summed E-state index contributed by atoms with van der Waals surface area (Å²) < 4.78 is 5.04. The fourth-order valence-corrected chi connectivity index (χ4v) is 9.33. The van der Waals surface area contributed by atoms with Crippen molar-refractivity contribution < 1.29 is 0 Å². The molecule has 1 N–H and O–H groups in total. The average molecular weight is 735 g/mol. The molecule has 5 heteroatoms. The normalized spacial score (nSPS) is 14.2. The molecule has 2 aromatic heterocycles. The molecule has 0 radical (unpaired) electrons. The van der Waals surface area contributed by atoms with Crippen molar-refractivity contribution in [3.8, 4) is 27.9 Å². The van der Waals surface area contributed by atoms with E-state index in [1.54, 1.807) is 0 Å². The van der Waals surface area contributed by atoms with Crippen molar-refractivity contribution in [1.82, 2.24) is 9.88 Å². The lowest BCUT2D eigenvalue weighted by Gasteiger charge is -2.26. The number of amidine groups is 2. The summed E-state index contributed by atoms with van der Waals surface area (Å²) in [5.74, 6) is 1.49. The Morgan fingerprint density at radius 3 is 1.84 bits per heavy atom. The second kappa shape index (κ2) is 13.3. The predicted molar refractivity (Wildman–Crippen MR) is 236 cm³/mol. The molecule has 1 aliphatic heterocycles. The smallest absolute Gasteiger partial charge is 0.159 e. The summed E-state index contributed by atoms with van der Waals surface area (Å²) in [6.45, 7) is 0. The Labute approximate surface area is 328 Å². The first-order valence-corrected chi connectivity index (χ1v) is 19.8. The number of benzene rings is 8. The van der Waals surface area contributed by atoms with E-state index in [1.165, 1.54) is 58.7 Å². The van der Waals surface area contributed by atoms with Gasteiger partial charge in [0.05, 0.1) is 16.7 Å². The molecule has 0 spiro atoms. The zero-order valence-electron chi connectivity index (χ0n) is 30.3. The van der Waals surface area contributed by atoms with E-state index in [4.69, 9.17) is 9.98 Å². The van der Waals surface area contributed by atoms with Crippen LogP contribution in [0, 0.1) is 0 Å². The number of fused-ring (bicyclic) bond motifs is 7. The van der Waals surface area contributed by atoms with E-state index in [2.05, 4.69) is 180 Å². The number of nitrogens with zero attached hydrogens (tertiary/aromatic N) is 3. The van der Waals surface area contributed by atoms with E-state index in [0.29, 0.717) is 5.84 Å². The molecule has 0 saturated heterocycles. The Balaban J connectivity index is 1.12. The van der Waals surface area contributed by atoms with Crippen LogP contribution in [0.5, 0.6) is 0 Å². The molecule has 0 saturated carbocycles. The van der Waals surface area contributed by atoms with Crippen LogP contribution in [0.4, 0.5) is 0 Å². The zero-order valence-corrected chi connectivity index (χ0v) is 31.1. The maximum atomic E-state index is 5.36. The second-order valence-electron chi connectivity index (χ2n) is 14.2. The Kier molecular flexibility index (Phi) is 7.71. The van der Waals surface area contributed by atoms with Crippen molar-refractivity contribution in [3.63, 3.8) is 0 Å². The maximum Gasteiger partial charge on any atom is 0.159 e. The van der Waals surface area contributed by atoms with E-state index in [1.807, 2.05) is 35.6 Å². The van der Waals surface area contributed by atoms with E-state index in [-0.39, 0.29) is 0 Å². The molecule has 3 heterocycles. The number of aromatic nitrogens is 1. The third-order valence-corrected chi connectivity index (χ3v) is 12.0. The number of aliphatic imine (C=N–C) groups is 2. The highest BCUT2D eigenvalue weighted by atomic mass is 32.1. The number of nitrogens with one attached hydrogen (secondary N) is 1. The average Bonchev–Trinajstić information content (AvgIpc) is 3.82. The SMILES string of the molecule is c1ccc(C2=NC(c3ccccc3-n3c4ccc(-c5ccccc5)cc4c4ccc5sc6ccccc6c5c43)NC(c3ccc(-c4ccccc4)cc3)=N2)cc1. The van der Waals surface area contributed by atoms with Crippen LogP contribution in [0.2, 0.25) is 0 Å². The molecule has 0 aliphatic carbocycles. The first kappa shape index (κ1) is 32.4. The van der Waals surface area contributed by atoms with Crippen molar-refractivity contribution in [2.75, 3.05) is 0 Å². The molecule has 10 aromatic rings. The van der Waals surface area contributed by atoms with Crippen LogP contribution >= 0.6 is 11.3 Å². The number of hydrogen-bond acceptors (Lipinski definition) is 4. The van der Waals surface area contributed by atoms with Gasteiger partial charge in [-0.2, -0.15) is 0 Å². The molecule has 4 nitrogen and oxygen atoms in total. The van der Waals surface area contributed by atoms with Gasteiger partial charge in [-0.3, -0.25) is 0 Å². The van der Waals surface area contributed by atoms with Gasteiger partial charge in [0.15, 0.2) is 5.84 Å². The molecule has 1 aliphatic rings. The number of rotatable bonds is 6. The fourth-order valence-electron chi connectivity index (χ4n) is 8.22. The van der Waals surface area contributed by atoms with Gasteiger partial charge in [-0.25, -0.2) is 9.98 Å². The molecule has 0 amide bonds. The Morgan fingerprint density at radius 1 is 0.464 bits per heavy atom. The van der Waals surface area contributed by atoms with Gasteiger partial charge < -0.3 is 9.88 Å². The van der Waals surface area contributed by atoms with Crippen LogP contribution in [0.15, 0.2) is 204 Å². The van der Waals surface area contributed by atoms with Gasteiger partial charge in [0.2, 0.25) is 0 Å². The fraction of sp³-hybridized carbons (Fsp3) is 0.0196. The summed E-state index contributed by atoms with van der Waals surface area (Å²) >= 11 is 1.85. The van der Waals surface area contributed by atoms with Crippen molar-refractivity contribution >= 4 is 65.0 Å². The van der Waals surface area contributed by atoms with E-state index in [0.717, 1.165) is 33.7 Å². The summed E-state index contributed by atoms with van der Waals surface area (Å²) in [6, 6.07) is 69.1. The standard InChI is InChI=1S/C51H34N4S/c1-4-14-33(15-5-1)35-24-26-37(27-25-35)50-52-49(36-18-8-3-9-19-36)53-51(54-50)40-20-10-12-22-43(40)55-44-30-28-38(34-16-6-2-7-17-34)32-42(44)39-29-31-46-47(48(39)55)41-21-11-13-23-45(41)56-46/h1-32,51H,(H,52,53,54). The lowest BCUT2D eigenvalue weighted by molar-refractivity contribution is 0.671. The van der Waals surface area contributed by atoms with Gasteiger partial charge in [-0.05, 0) is 52.6 Å². The highest BCUT2D eigenvalue weighted by Gasteiger charge is 2.26. The monoisotopic (exact) mass is 734 g/mol. The topological polar surface area (TPSA) is 41.7 Å². The quantitative estimate of drug-likeness (QED) is 0.182. The summed E-state index contributed by atoms with van der Waals surface area (Å²) in [7, 11) is 0. The van der Waals surface area contributed by atoms with E-state index >= 15 is 0 Å². The highest BCUT2D eigenvalue weighted by molar-refractivity contribution is 7.26. The molecular weight excluding hydrogens is 701 g/mol. The first-order valence-electron chi connectivity index (χ1n) is 18.9. The lowest BCUT2D eigenvalue weighted by Crippen LogP contribution is -2.34. The van der Waals surface area contributed by atoms with Crippen molar-refractivity contribution in [3.05, 3.63) is 211 Å².